The fraction of sp³-hybridized carbons (Fsp3) is 0.588. The van der Waals surface area contributed by atoms with E-state index in [-0.39, 0.29) is 17.3 Å². The van der Waals surface area contributed by atoms with E-state index in [9.17, 15) is 13.2 Å². The molecule has 1 aliphatic carbocycles. The molecule has 0 atom stereocenters. The summed E-state index contributed by atoms with van der Waals surface area (Å²) in [5.41, 5.74) is 0. The summed E-state index contributed by atoms with van der Waals surface area (Å²) in [5.74, 6) is 0.577. The second-order valence-corrected chi connectivity index (χ2v) is 10.1. The van der Waals surface area contributed by atoms with E-state index in [2.05, 4.69) is 5.32 Å². The Hall–Kier alpha value is -0.760. The van der Waals surface area contributed by atoms with E-state index in [1.54, 1.807) is 0 Å². The fourth-order valence-corrected chi connectivity index (χ4v) is 5.25. The molecule has 1 fully saturated rings. The van der Waals surface area contributed by atoms with Crippen LogP contribution in [0.1, 0.15) is 32.1 Å². The Morgan fingerprint density at radius 3 is 2.52 bits per heavy atom. The van der Waals surface area contributed by atoms with Gasteiger partial charge in [0.25, 0.3) is 0 Å². The second kappa shape index (κ2) is 9.80. The van der Waals surface area contributed by atoms with E-state index >= 15 is 0 Å². The molecular weight excluding hydrogens is 380 g/mol. The lowest BCUT2D eigenvalue weighted by molar-refractivity contribution is -0.121. The third-order valence-corrected chi connectivity index (χ3v) is 7.67. The summed E-state index contributed by atoms with van der Waals surface area (Å²) >= 11 is 7.68. The molecule has 0 heterocycles. The number of nitrogens with one attached hydrogen (secondary N) is 1. The molecule has 0 bridgehead atoms. The molecular formula is C17H25ClN2O3S2. The van der Waals surface area contributed by atoms with Crippen molar-refractivity contribution >= 4 is 39.3 Å². The highest BCUT2D eigenvalue weighted by molar-refractivity contribution is 7.99. The summed E-state index contributed by atoms with van der Waals surface area (Å²) in [7, 11) is -2.29. The molecule has 5 nitrogen and oxygen atoms in total. The molecule has 1 aromatic rings. The Morgan fingerprint density at radius 1 is 1.24 bits per heavy atom. The van der Waals surface area contributed by atoms with Crippen molar-refractivity contribution in [3.05, 3.63) is 29.3 Å². The molecule has 1 aromatic carbocycles. The van der Waals surface area contributed by atoms with Gasteiger partial charge >= 0.3 is 0 Å². The van der Waals surface area contributed by atoms with Crippen LogP contribution >= 0.6 is 23.4 Å². The van der Waals surface area contributed by atoms with Crippen LogP contribution in [0, 0.1) is 0 Å². The number of nitrogens with zero attached hydrogens (tertiary/aromatic N) is 1. The SMILES string of the molecule is CN(CC(=O)NCCSC1CCCCC1)S(=O)(=O)c1ccc(Cl)cc1. The van der Waals surface area contributed by atoms with Gasteiger partial charge in [0, 0.05) is 29.6 Å². The first-order valence-corrected chi connectivity index (χ1v) is 11.4. The summed E-state index contributed by atoms with van der Waals surface area (Å²) in [5, 5.41) is 3.97. The standard InChI is InChI=1S/C17H25ClN2O3S2/c1-20(25(22,23)16-9-7-14(18)8-10-16)13-17(21)19-11-12-24-15-5-3-2-4-6-15/h7-10,15H,2-6,11-13H2,1H3,(H,19,21). The lowest BCUT2D eigenvalue weighted by Gasteiger charge is -2.21. The summed E-state index contributed by atoms with van der Waals surface area (Å²) in [6.45, 7) is 0.369. The zero-order chi connectivity index (χ0) is 18.3. The van der Waals surface area contributed by atoms with Crippen molar-refractivity contribution in [1.29, 1.82) is 0 Å². The van der Waals surface area contributed by atoms with Crippen LogP contribution in [0.5, 0.6) is 0 Å². The molecule has 1 N–H and O–H groups in total. The zero-order valence-electron chi connectivity index (χ0n) is 14.4. The monoisotopic (exact) mass is 404 g/mol. The van der Waals surface area contributed by atoms with Gasteiger partial charge in [-0.3, -0.25) is 4.79 Å². The molecule has 25 heavy (non-hydrogen) atoms. The van der Waals surface area contributed by atoms with Crippen molar-refractivity contribution in [2.24, 2.45) is 0 Å². The number of likely N-dealkylation sites (N-methyl/N-ethyl adjacent to an activating group) is 1. The average Bonchev–Trinajstić information content (AvgIpc) is 2.60. The molecule has 0 radical (unpaired) electrons. The van der Waals surface area contributed by atoms with Crippen LogP contribution in [0.4, 0.5) is 0 Å². The molecule has 0 aliphatic heterocycles. The van der Waals surface area contributed by atoms with E-state index in [0.717, 1.165) is 10.1 Å². The minimum atomic E-state index is -3.69. The topological polar surface area (TPSA) is 66.5 Å². The summed E-state index contributed by atoms with van der Waals surface area (Å²) in [4.78, 5) is 12.1. The average molecular weight is 405 g/mol. The summed E-state index contributed by atoms with van der Waals surface area (Å²) in [6, 6.07) is 5.91. The highest BCUT2D eigenvalue weighted by Gasteiger charge is 2.22. The van der Waals surface area contributed by atoms with Gasteiger partial charge in [0.1, 0.15) is 0 Å². The van der Waals surface area contributed by atoms with Crippen LogP contribution in [-0.2, 0) is 14.8 Å². The predicted octanol–water partition coefficient (Wildman–Crippen LogP) is 3.14. The molecule has 1 aliphatic rings. The second-order valence-electron chi connectivity index (χ2n) is 6.20. The van der Waals surface area contributed by atoms with Gasteiger partial charge < -0.3 is 5.32 Å². The molecule has 2 rings (SSSR count). The largest absolute Gasteiger partial charge is 0.354 e. The zero-order valence-corrected chi connectivity index (χ0v) is 16.8. The molecule has 0 aromatic heterocycles. The third-order valence-electron chi connectivity index (χ3n) is 4.22. The number of carbonyl (C=O) groups is 1. The first-order valence-electron chi connectivity index (χ1n) is 8.50. The van der Waals surface area contributed by atoms with Gasteiger partial charge in [0.15, 0.2) is 0 Å². The minimum Gasteiger partial charge on any atom is -0.354 e. The van der Waals surface area contributed by atoms with Gasteiger partial charge in [-0.15, -0.1) is 0 Å². The van der Waals surface area contributed by atoms with Crippen LogP contribution < -0.4 is 5.32 Å². The molecule has 1 saturated carbocycles. The van der Waals surface area contributed by atoms with Gasteiger partial charge in [0.2, 0.25) is 15.9 Å². The van der Waals surface area contributed by atoms with Crippen LogP contribution in [-0.4, -0.2) is 49.8 Å². The summed E-state index contributed by atoms with van der Waals surface area (Å²) < 4.78 is 25.9. The van der Waals surface area contributed by atoms with Gasteiger partial charge in [-0.2, -0.15) is 16.1 Å². The number of sulfonamides is 1. The number of benzene rings is 1. The van der Waals surface area contributed by atoms with E-state index in [0.29, 0.717) is 16.8 Å². The summed E-state index contributed by atoms with van der Waals surface area (Å²) in [6.07, 6.45) is 6.47. The molecule has 1 amide bonds. The molecule has 0 saturated heterocycles. The van der Waals surface area contributed by atoms with Gasteiger partial charge in [0.05, 0.1) is 11.4 Å². The number of amides is 1. The van der Waals surface area contributed by atoms with Crippen molar-refractivity contribution in [2.45, 2.75) is 42.2 Å². The number of hydrogen-bond acceptors (Lipinski definition) is 4. The lowest BCUT2D eigenvalue weighted by Crippen LogP contribution is -2.39. The smallest absolute Gasteiger partial charge is 0.243 e. The number of halogens is 1. The van der Waals surface area contributed by atoms with Crippen molar-refractivity contribution in [1.82, 2.24) is 9.62 Å². The van der Waals surface area contributed by atoms with Crippen molar-refractivity contribution in [3.63, 3.8) is 0 Å². The van der Waals surface area contributed by atoms with E-state index in [1.165, 1.54) is 63.4 Å². The van der Waals surface area contributed by atoms with Crippen molar-refractivity contribution < 1.29 is 13.2 Å². The van der Waals surface area contributed by atoms with Gasteiger partial charge in [-0.05, 0) is 37.1 Å². The Morgan fingerprint density at radius 2 is 1.88 bits per heavy atom. The Kier molecular flexibility index (Phi) is 8.06. The maximum Gasteiger partial charge on any atom is 0.243 e. The molecule has 8 heteroatoms. The number of carbonyl (C=O) groups excluding carboxylic acids is 1. The van der Waals surface area contributed by atoms with Gasteiger partial charge in [-0.1, -0.05) is 30.9 Å². The highest BCUT2D eigenvalue weighted by Crippen LogP contribution is 2.27. The van der Waals surface area contributed by atoms with Crippen LogP contribution in [0.2, 0.25) is 5.02 Å². The predicted molar refractivity (Wildman–Crippen MR) is 104 cm³/mol. The quantitative estimate of drug-likeness (QED) is 0.676. The van der Waals surface area contributed by atoms with Crippen LogP contribution in [0.25, 0.3) is 0 Å². The van der Waals surface area contributed by atoms with Crippen LogP contribution in [0.15, 0.2) is 29.2 Å². The Bertz CT molecular complexity index is 659. The molecule has 0 spiro atoms. The maximum absolute atomic E-state index is 12.4. The van der Waals surface area contributed by atoms with Crippen LogP contribution in [0.3, 0.4) is 0 Å². The number of rotatable bonds is 8. The first kappa shape index (κ1) is 20.6. The van der Waals surface area contributed by atoms with E-state index < -0.39 is 10.0 Å². The minimum absolute atomic E-state index is 0.125. The number of hydrogen-bond donors (Lipinski definition) is 1. The Labute approximate surface area is 159 Å². The molecule has 0 unspecified atom stereocenters. The van der Waals surface area contributed by atoms with E-state index in [1.807, 2.05) is 11.8 Å². The number of thioether (sulfide) groups is 1. The highest BCUT2D eigenvalue weighted by atomic mass is 35.5. The van der Waals surface area contributed by atoms with E-state index in [4.69, 9.17) is 11.6 Å². The molecule has 140 valence electrons. The first-order chi connectivity index (χ1) is 11.9. The normalized spacial score (nSPS) is 16.1. The maximum atomic E-state index is 12.4. The van der Waals surface area contributed by atoms with Gasteiger partial charge in [-0.25, -0.2) is 8.42 Å². The van der Waals surface area contributed by atoms with Crippen molar-refractivity contribution in [2.75, 3.05) is 25.9 Å². The fourth-order valence-electron chi connectivity index (χ4n) is 2.78. The Balaban J connectivity index is 1.74. The van der Waals surface area contributed by atoms with Crippen molar-refractivity contribution in [3.8, 4) is 0 Å². The lowest BCUT2D eigenvalue weighted by atomic mass is 10.0. The third kappa shape index (κ3) is 6.47.